The quantitative estimate of drug-likeness (QED) is 0.511. The highest BCUT2D eigenvalue weighted by molar-refractivity contribution is 7.89. The van der Waals surface area contributed by atoms with Crippen molar-refractivity contribution in [1.29, 1.82) is 0 Å². The molecular formula is C26H29N3O5S. The van der Waals surface area contributed by atoms with Crippen LogP contribution in [0.25, 0.3) is 0 Å². The number of hydrogen-bond donors (Lipinski definition) is 1. The molecule has 1 aliphatic heterocycles. The minimum Gasteiger partial charge on any atom is -0.495 e. The highest BCUT2D eigenvalue weighted by Crippen LogP contribution is 2.29. The highest BCUT2D eigenvalue weighted by atomic mass is 32.2. The molecule has 3 aromatic rings. The molecule has 1 fully saturated rings. The maximum absolute atomic E-state index is 13.2. The van der Waals surface area contributed by atoms with Gasteiger partial charge in [0, 0.05) is 37.4 Å². The Bertz CT molecular complexity index is 1250. The van der Waals surface area contributed by atoms with E-state index in [1.165, 1.54) is 16.4 Å². The number of benzene rings is 3. The van der Waals surface area contributed by atoms with E-state index in [4.69, 9.17) is 9.47 Å². The SMILES string of the molecule is CCOc1ccc(C(=O)Nc2ccc(S(=O)(=O)N3CCN(c4ccccc4OC)CC3)cc2)cc1. The first-order valence-electron chi connectivity index (χ1n) is 11.4. The average Bonchev–Trinajstić information content (AvgIpc) is 2.89. The number of sulfonamides is 1. The monoisotopic (exact) mass is 495 g/mol. The van der Waals surface area contributed by atoms with Gasteiger partial charge in [-0.15, -0.1) is 0 Å². The molecule has 9 heteroatoms. The van der Waals surface area contributed by atoms with Crippen LogP contribution in [0.15, 0.2) is 77.7 Å². The van der Waals surface area contributed by atoms with Gasteiger partial charge in [0.05, 0.1) is 24.3 Å². The number of rotatable bonds is 8. The Morgan fingerprint density at radius 2 is 1.57 bits per heavy atom. The number of ether oxygens (including phenoxy) is 2. The summed E-state index contributed by atoms with van der Waals surface area (Å²) >= 11 is 0. The molecule has 1 saturated heterocycles. The molecule has 0 radical (unpaired) electrons. The van der Waals surface area contributed by atoms with Gasteiger partial charge in [-0.2, -0.15) is 4.31 Å². The minimum atomic E-state index is -3.64. The number of methoxy groups -OCH3 is 1. The van der Waals surface area contributed by atoms with Crippen LogP contribution in [-0.4, -0.2) is 58.5 Å². The lowest BCUT2D eigenvalue weighted by Crippen LogP contribution is -2.48. The van der Waals surface area contributed by atoms with Crippen LogP contribution in [0.4, 0.5) is 11.4 Å². The largest absolute Gasteiger partial charge is 0.495 e. The van der Waals surface area contributed by atoms with E-state index in [2.05, 4.69) is 10.2 Å². The molecule has 0 saturated carbocycles. The summed E-state index contributed by atoms with van der Waals surface area (Å²) in [6, 6.07) is 20.8. The van der Waals surface area contributed by atoms with Gasteiger partial charge in [0.15, 0.2) is 0 Å². The standard InChI is InChI=1S/C26H29N3O5S/c1-3-34-22-12-8-20(9-13-22)26(30)27-21-10-14-23(15-11-21)35(31,32)29-18-16-28(17-19-29)24-6-4-5-7-25(24)33-2/h4-15H,3,16-19H2,1-2H3,(H,27,30). The lowest BCUT2D eigenvalue weighted by atomic mass is 10.2. The lowest BCUT2D eigenvalue weighted by Gasteiger charge is -2.35. The fourth-order valence-electron chi connectivity index (χ4n) is 3.99. The lowest BCUT2D eigenvalue weighted by molar-refractivity contribution is 0.102. The second kappa shape index (κ2) is 10.8. The summed E-state index contributed by atoms with van der Waals surface area (Å²) in [7, 11) is -2.01. The zero-order valence-corrected chi connectivity index (χ0v) is 20.6. The van der Waals surface area contributed by atoms with Crippen LogP contribution < -0.4 is 19.7 Å². The highest BCUT2D eigenvalue weighted by Gasteiger charge is 2.29. The predicted molar refractivity (Wildman–Crippen MR) is 136 cm³/mol. The molecule has 1 amide bonds. The zero-order valence-electron chi connectivity index (χ0n) is 19.8. The topological polar surface area (TPSA) is 88.2 Å². The van der Waals surface area contributed by atoms with Crippen molar-refractivity contribution >= 4 is 27.3 Å². The number of nitrogens with zero attached hydrogens (tertiary/aromatic N) is 2. The molecule has 8 nitrogen and oxygen atoms in total. The van der Waals surface area contributed by atoms with Crippen LogP contribution in [0.1, 0.15) is 17.3 Å². The summed E-state index contributed by atoms with van der Waals surface area (Å²) in [6.07, 6.45) is 0. The number of amides is 1. The molecule has 1 N–H and O–H groups in total. The van der Waals surface area contributed by atoms with Crippen LogP contribution in [0, 0.1) is 0 Å². The van der Waals surface area contributed by atoms with E-state index in [0.29, 0.717) is 49.8 Å². The van der Waals surface area contributed by atoms with Crippen molar-refractivity contribution in [3.8, 4) is 11.5 Å². The van der Waals surface area contributed by atoms with Gasteiger partial charge in [-0.1, -0.05) is 12.1 Å². The van der Waals surface area contributed by atoms with E-state index in [0.717, 1.165) is 11.4 Å². The van der Waals surface area contributed by atoms with Crippen LogP contribution in [0.2, 0.25) is 0 Å². The fourth-order valence-corrected chi connectivity index (χ4v) is 5.41. The molecule has 1 heterocycles. The molecule has 0 spiro atoms. The summed E-state index contributed by atoms with van der Waals surface area (Å²) in [6.45, 7) is 4.32. The third-order valence-corrected chi connectivity index (χ3v) is 7.75. The van der Waals surface area contributed by atoms with Crippen molar-refractivity contribution in [2.24, 2.45) is 0 Å². The number of carbonyl (C=O) groups is 1. The Morgan fingerprint density at radius 3 is 2.20 bits per heavy atom. The van der Waals surface area contributed by atoms with Gasteiger partial charge in [0.2, 0.25) is 10.0 Å². The molecular weight excluding hydrogens is 466 g/mol. The van der Waals surface area contributed by atoms with Crippen LogP contribution in [0.5, 0.6) is 11.5 Å². The molecule has 35 heavy (non-hydrogen) atoms. The van der Waals surface area contributed by atoms with Crippen molar-refractivity contribution in [3.63, 3.8) is 0 Å². The molecule has 184 valence electrons. The number of para-hydroxylation sites is 2. The summed E-state index contributed by atoms with van der Waals surface area (Å²) in [5, 5.41) is 2.80. The van der Waals surface area contributed by atoms with Gasteiger partial charge in [0.1, 0.15) is 11.5 Å². The summed E-state index contributed by atoms with van der Waals surface area (Å²) in [5.74, 6) is 1.19. The number of piperazine rings is 1. The molecule has 0 aromatic heterocycles. The smallest absolute Gasteiger partial charge is 0.255 e. The summed E-state index contributed by atoms with van der Waals surface area (Å²) < 4.78 is 38.7. The van der Waals surface area contributed by atoms with Crippen molar-refractivity contribution in [2.75, 3.05) is 50.1 Å². The first-order chi connectivity index (χ1) is 16.9. The van der Waals surface area contributed by atoms with Crippen molar-refractivity contribution < 1.29 is 22.7 Å². The summed E-state index contributed by atoms with van der Waals surface area (Å²) in [5.41, 5.74) is 1.96. The number of hydrogen-bond acceptors (Lipinski definition) is 6. The number of carbonyl (C=O) groups excluding carboxylic acids is 1. The first-order valence-corrected chi connectivity index (χ1v) is 12.9. The van der Waals surface area contributed by atoms with Crippen molar-refractivity contribution in [1.82, 2.24) is 4.31 Å². The second-order valence-corrected chi connectivity index (χ2v) is 9.94. The van der Waals surface area contributed by atoms with Crippen molar-refractivity contribution in [3.05, 3.63) is 78.4 Å². The maximum Gasteiger partial charge on any atom is 0.255 e. The van der Waals surface area contributed by atoms with Crippen LogP contribution in [0.3, 0.4) is 0 Å². The van der Waals surface area contributed by atoms with Gasteiger partial charge in [-0.05, 0) is 67.6 Å². The second-order valence-electron chi connectivity index (χ2n) is 8.00. The fraction of sp³-hybridized carbons (Fsp3) is 0.269. The van der Waals surface area contributed by atoms with Gasteiger partial charge >= 0.3 is 0 Å². The molecule has 3 aromatic carbocycles. The van der Waals surface area contributed by atoms with E-state index in [9.17, 15) is 13.2 Å². The van der Waals surface area contributed by atoms with Gasteiger partial charge in [-0.3, -0.25) is 4.79 Å². The Kier molecular flexibility index (Phi) is 7.57. The Morgan fingerprint density at radius 1 is 0.914 bits per heavy atom. The van der Waals surface area contributed by atoms with E-state index >= 15 is 0 Å². The third-order valence-electron chi connectivity index (χ3n) is 5.84. The molecule has 0 aliphatic carbocycles. The zero-order chi connectivity index (χ0) is 24.8. The molecule has 1 aliphatic rings. The van der Waals surface area contributed by atoms with E-state index in [-0.39, 0.29) is 10.8 Å². The van der Waals surface area contributed by atoms with E-state index in [1.807, 2.05) is 31.2 Å². The van der Waals surface area contributed by atoms with Crippen LogP contribution in [-0.2, 0) is 10.0 Å². The Labute approximate surface area is 206 Å². The Hall–Kier alpha value is -3.56. The first kappa shape index (κ1) is 24.6. The normalized spacial score (nSPS) is 14.4. The number of nitrogens with one attached hydrogen (secondary N) is 1. The van der Waals surface area contributed by atoms with Gasteiger partial charge in [-0.25, -0.2) is 8.42 Å². The van der Waals surface area contributed by atoms with E-state index in [1.54, 1.807) is 43.5 Å². The average molecular weight is 496 g/mol. The van der Waals surface area contributed by atoms with Gasteiger partial charge in [0.25, 0.3) is 5.91 Å². The molecule has 0 atom stereocenters. The molecule has 0 unspecified atom stereocenters. The van der Waals surface area contributed by atoms with Crippen LogP contribution >= 0.6 is 0 Å². The number of anilines is 2. The third kappa shape index (κ3) is 5.58. The molecule has 4 rings (SSSR count). The maximum atomic E-state index is 13.2. The van der Waals surface area contributed by atoms with Crippen molar-refractivity contribution in [2.45, 2.75) is 11.8 Å². The predicted octanol–water partition coefficient (Wildman–Crippen LogP) is 3.86. The van der Waals surface area contributed by atoms with Gasteiger partial charge < -0.3 is 19.7 Å². The summed E-state index contributed by atoms with van der Waals surface area (Å²) in [4.78, 5) is 14.8. The molecule has 0 bridgehead atoms. The Balaban J connectivity index is 1.38. The van der Waals surface area contributed by atoms with E-state index < -0.39 is 10.0 Å². The minimum absolute atomic E-state index is 0.197.